The van der Waals surface area contributed by atoms with Crippen molar-refractivity contribution in [1.29, 1.82) is 0 Å². The van der Waals surface area contributed by atoms with Crippen LogP contribution in [0.15, 0.2) is 18.2 Å². The zero-order chi connectivity index (χ0) is 12.6. The van der Waals surface area contributed by atoms with Crippen molar-refractivity contribution in [2.75, 3.05) is 0 Å². The van der Waals surface area contributed by atoms with Crippen molar-refractivity contribution in [1.82, 2.24) is 0 Å². The highest BCUT2D eigenvalue weighted by Crippen LogP contribution is 2.49. The first-order valence-corrected chi connectivity index (χ1v) is 6.16. The molecule has 17 heavy (non-hydrogen) atoms. The van der Waals surface area contributed by atoms with Gasteiger partial charge in [-0.05, 0) is 18.6 Å². The van der Waals surface area contributed by atoms with Crippen molar-refractivity contribution < 1.29 is 13.5 Å². The van der Waals surface area contributed by atoms with Gasteiger partial charge in [0.15, 0.2) is 11.6 Å². The van der Waals surface area contributed by atoms with E-state index in [4.69, 9.17) is 16.3 Å². The summed E-state index contributed by atoms with van der Waals surface area (Å²) >= 11 is 6.14. The minimum absolute atomic E-state index is 0.0294. The van der Waals surface area contributed by atoms with Gasteiger partial charge in [0.1, 0.15) is 11.9 Å². The van der Waals surface area contributed by atoms with Gasteiger partial charge < -0.3 is 4.74 Å². The van der Waals surface area contributed by atoms with E-state index < -0.39 is 11.6 Å². The van der Waals surface area contributed by atoms with Gasteiger partial charge >= 0.3 is 0 Å². The fraction of sp³-hybridized carbons (Fsp3) is 0.538. The molecule has 0 radical (unpaired) electrons. The fourth-order valence-electron chi connectivity index (χ4n) is 2.12. The molecule has 2 rings (SSSR count). The minimum Gasteiger partial charge on any atom is -0.487 e. The van der Waals surface area contributed by atoms with Crippen molar-refractivity contribution in [3.05, 3.63) is 29.8 Å². The third-order valence-electron chi connectivity index (χ3n) is 3.80. The maximum atomic E-state index is 13.4. The molecule has 1 nitrogen and oxygen atoms in total. The number of hydrogen-bond donors (Lipinski definition) is 0. The van der Waals surface area contributed by atoms with Gasteiger partial charge in [-0.1, -0.05) is 13.8 Å². The quantitative estimate of drug-likeness (QED) is 0.742. The van der Waals surface area contributed by atoms with Crippen LogP contribution in [0.1, 0.15) is 26.7 Å². The lowest BCUT2D eigenvalue weighted by molar-refractivity contribution is -0.0316. The molecule has 94 valence electrons. The number of rotatable bonds is 3. The number of benzene rings is 1. The maximum Gasteiger partial charge on any atom is 0.165 e. The van der Waals surface area contributed by atoms with Gasteiger partial charge in [-0.2, -0.15) is 0 Å². The Labute approximate surface area is 105 Å². The van der Waals surface area contributed by atoms with E-state index in [1.165, 1.54) is 0 Å². The van der Waals surface area contributed by atoms with Crippen molar-refractivity contribution >= 4 is 11.6 Å². The Balaban J connectivity index is 2.14. The Morgan fingerprint density at radius 2 is 2.18 bits per heavy atom. The molecule has 0 N–H and O–H groups in total. The smallest absolute Gasteiger partial charge is 0.165 e. The summed E-state index contributed by atoms with van der Waals surface area (Å²) < 4.78 is 32.0. The molecule has 0 heterocycles. The summed E-state index contributed by atoms with van der Waals surface area (Å²) in [7, 11) is 0. The van der Waals surface area contributed by atoms with Crippen LogP contribution in [-0.4, -0.2) is 11.5 Å². The lowest BCUT2D eigenvalue weighted by Gasteiger charge is -2.50. The van der Waals surface area contributed by atoms with Crippen LogP contribution in [0, 0.1) is 17.0 Å². The Bertz CT molecular complexity index is 424. The lowest BCUT2D eigenvalue weighted by Crippen LogP contribution is -2.55. The minimum atomic E-state index is -0.539. The molecule has 0 spiro atoms. The van der Waals surface area contributed by atoms with Crippen molar-refractivity contribution in [3.8, 4) is 5.75 Å². The monoisotopic (exact) mass is 260 g/mol. The first-order chi connectivity index (χ1) is 7.97. The molecule has 4 heteroatoms. The molecule has 0 amide bonds. The average Bonchev–Trinajstić information content (AvgIpc) is 2.32. The normalized spacial score (nSPS) is 32.1. The molecule has 1 fully saturated rings. The maximum absolute atomic E-state index is 13.4. The van der Waals surface area contributed by atoms with E-state index >= 15 is 0 Å². The van der Waals surface area contributed by atoms with Gasteiger partial charge in [0.2, 0.25) is 0 Å². The topological polar surface area (TPSA) is 9.23 Å². The van der Waals surface area contributed by atoms with E-state index in [2.05, 4.69) is 0 Å². The van der Waals surface area contributed by atoms with E-state index in [1.807, 2.05) is 13.8 Å². The third kappa shape index (κ3) is 2.13. The molecule has 1 aromatic carbocycles. The Kier molecular flexibility index (Phi) is 3.30. The first-order valence-electron chi connectivity index (χ1n) is 5.73. The summed E-state index contributed by atoms with van der Waals surface area (Å²) in [5.41, 5.74) is -0.166. The zero-order valence-corrected chi connectivity index (χ0v) is 10.6. The first kappa shape index (κ1) is 12.6. The number of hydrogen-bond acceptors (Lipinski definition) is 1. The van der Waals surface area contributed by atoms with E-state index in [1.54, 1.807) is 0 Å². The Morgan fingerprint density at radius 3 is 2.76 bits per heavy atom. The SMILES string of the molecule is CCC1(C)C(Cl)CC1Oc1cc(F)ccc1F. The molecule has 1 saturated carbocycles. The second-order valence-electron chi connectivity index (χ2n) is 4.74. The van der Waals surface area contributed by atoms with Crippen LogP contribution in [0.3, 0.4) is 0 Å². The van der Waals surface area contributed by atoms with E-state index in [0.717, 1.165) is 24.6 Å². The van der Waals surface area contributed by atoms with Crippen LogP contribution in [0.25, 0.3) is 0 Å². The van der Waals surface area contributed by atoms with E-state index in [-0.39, 0.29) is 22.6 Å². The van der Waals surface area contributed by atoms with E-state index in [0.29, 0.717) is 6.42 Å². The number of ether oxygens (including phenoxy) is 1. The Morgan fingerprint density at radius 1 is 1.47 bits per heavy atom. The summed E-state index contributed by atoms with van der Waals surface area (Å²) in [6, 6.07) is 3.23. The molecule has 1 aromatic rings. The highest BCUT2D eigenvalue weighted by Gasteiger charge is 2.51. The summed E-state index contributed by atoms with van der Waals surface area (Å²) in [4.78, 5) is 0. The summed E-state index contributed by atoms with van der Waals surface area (Å²) in [5, 5.41) is 0.0362. The van der Waals surface area contributed by atoms with Crippen LogP contribution in [-0.2, 0) is 0 Å². The predicted octanol–water partition coefficient (Wildman–Crippen LogP) is 4.14. The van der Waals surface area contributed by atoms with Gasteiger partial charge in [0.05, 0.1) is 0 Å². The molecular weight excluding hydrogens is 246 g/mol. The standard InChI is InChI=1S/C13H15ClF2O/c1-3-13(2)11(14)7-12(13)17-10-6-8(15)4-5-9(10)16/h4-6,11-12H,3,7H2,1-2H3. The second-order valence-corrected chi connectivity index (χ2v) is 5.27. The molecule has 0 bridgehead atoms. The van der Waals surface area contributed by atoms with Crippen molar-refractivity contribution in [3.63, 3.8) is 0 Å². The van der Waals surface area contributed by atoms with Gasteiger partial charge in [-0.15, -0.1) is 11.6 Å². The van der Waals surface area contributed by atoms with Crippen LogP contribution in [0.5, 0.6) is 5.75 Å². The molecule has 0 aliphatic heterocycles. The predicted molar refractivity (Wildman–Crippen MR) is 63.4 cm³/mol. The molecule has 1 aliphatic carbocycles. The van der Waals surface area contributed by atoms with Crippen LogP contribution < -0.4 is 4.74 Å². The largest absolute Gasteiger partial charge is 0.487 e. The zero-order valence-electron chi connectivity index (χ0n) is 9.84. The third-order valence-corrected chi connectivity index (χ3v) is 4.47. The molecule has 0 aromatic heterocycles. The van der Waals surface area contributed by atoms with Crippen molar-refractivity contribution in [2.24, 2.45) is 5.41 Å². The summed E-state index contributed by atoms with van der Waals surface area (Å²) in [6.45, 7) is 4.03. The van der Waals surface area contributed by atoms with Gasteiger partial charge in [-0.3, -0.25) is 0 Å². The lowest BCUT2D eigenvalue weighted by atomic mass is 9.65. The summed E-state index contributed by atoms with van der Waals surface area (Å²) in [6.07, 6.45) is 1.37. The van der Waals surface area contributed by atoms with Gasteiger partial charge in [0, 0.05) is 23.3 Å². The molecular formula is C13H15ClF2O. The van der Waals surface area contributed by atoms with Gasteiger partial charge in [0.25, 0.3) is 0 Å². The molecule has 3 unspecified atom stereocenters. The van der Waals surface area contributed by atoms with Gasteiger partial charge in [-0.25, -0.2) is 8.78 Å². The highest BCUT2D eigenvalue weighted by molar-refractivity contribution is 6.21. The van der Waals surface area contributed by atoms with E-state index in [9.17, 15) is 8.78 Å². The number of halogens is 3. The Hall–Kier alpha value is -0.830. The molecule has 1 aliphatic rings. The average molecular weight is 261 g/mol. The molecule has 3 atom stereocenters. The van der Waals surface area contributed by atoms with Crippen LogP contribution in [0.2, 0.25) is 0 Å². The second kappa shape index (κ2) is 4.45. The van der Waals surface area contributed by atoms with Crippen LogP contribution in [0.4, 0.5) is 8.78 Å². The molecule has 0 saturated heterocycles. The summed E-state index contributed by atoms with van der Waals surface area (Å²) in [5.74, 6) is -1.07. The van der Waals surface area contributed by atoms with Crippen molar-refractivity contribution in [2.45, 2.75) is 38.2 Å². The highest BCUT2D eigenvalue weighted by atomic mass is 35.5. The van der Waals surface area contributed by atoms with Crippen LogP contribution >= 0.6 is 11.6 Å². The number of alkyl halides is 1. The fourth-order valence-corrected chi connectivity index (χ4v) is 2.58.